The zero-order valence-electron chi connectivity index (χ0n) is 12.4. The number of hydrogen-bond acceptors (Lipinski definition) is 4. The van der Waals surface area contributed by atoms with Gasteiger partial charge >= 0.3 is 0 Å². The summed E-state index contributed by atoms with van der Waals surface area (Å²) in [6.07, 6.45) is 0.519. The van der Waals surface area contributed by atoms with Crippen molar-refractivity contribution in [3.8, 4) is 11.5 Å². The van der Waals surface area contributed by atoms with Crippen LogP contribution in [0.5, 0.6) is 11.5 Å². The molecule has 1 amide bonds. The van der Waals surface area contributed by atoms with Gasteiger partial charge in [0.25, 0.3) is 5.91 Å². The average Bonchev–Trinajstić information content (AvgIpc) is 2.60. The van der Waals surface area contributed by atoms with Crippen molar-refractivity contribution in [3.63, 3.8) is 0 Å². The van der Waals surface area contributed by atoms with E-state index in [4.69, 9.17) is 9.47 Å². The van der Waals surface area contributed by atoms with Crippen LogP contribution < -0.4 is 14.8 Å². The van der Waals surface area contributed by atoms with E-state index in [0.717, 1.165) is 6.07 Å². The molecule has 2 aromatic rings. The van der Waals surface area contributed by atoms with Gasteiger partial charge in [0, 0.05) is 0 Å². The van der Waals surface area contributed by atoms with E-state index in [1.54, 1.807) is 0 Å². The highest BCUT2D eigenvalue weighted by Gasteiger charge is 2.16. The number of carbonyl (C=O) groups is 2. The molecule has 0 aromatic heterocycles. The van der Waals surface area contributed by atoms with Gasteiger partial charge in [-0.05, 0) is 30.3 Å². The van der Waals surface area contributed by atoms with Crippen LogP contribution in [0.2, 0.25) is 0 Å². The number of methoxy groups -OCH3 is 1. The van der Waals surface area contributed by atoms with E-state index in [1.807, 2.05) is 5.32 Å². The molecule has 0 aliphatic carbocycles. The lowest BCUT2D eigenvalue weighted by Gasteiger charge is -2.11. The van der Waals surface area contributed by atoms with Crippen molar-refractivity contribution in [2.24, 2.45) is 0 Å². The van der Waals surface area contributed by atoms with Crippen molar-refractivity contribution in [1.29, 1.82) is 0 Å². The minimum Gasteiger partial charge on any atom is -0.497 e. The maximum absolute atomic E-state index is 13.5. The molecular weight excluding hydrogens is 327 g/mol. The number of halogens is 3. The van der Waals surface area contributed by atoms with Gasteiger partial charge in [-0.1, -0.05) is 0 Å². The smallest absolute Gasteiger partial charge is 0.262 e. The van der Waals surface area contributed by atoms with Gasteiger partial charge in [0.05, 0.1) is 18.4 Å². The van der Waals surface area contributed by atoms with E-state index < -0.39 is 35.7 Å². The summed E-state index contributed by atoms with van der Waals surface area (Å²) in [5.41, 5.74) is -0.367. The van der Waals surface area contributed by atoms with Gasteiger partial charge in [-0.2, -0.15) is 0 Å². The predicted molar refractivity (Wildman–Crippen MR) is 78.8 cm³/mol. The lowest BCUT2D eigenvalue weighted by molar-refractivity contribution is -0.118. The number of aldehydes is 1. The Hall–Kier alpha value is -3.03. The van der Waals surface area contributed by atoms with Gasteiger partial charge in [-0.15, -0.1) is 0 Å². The Morgan fingerprint density at radius 1 is 1.17 bits per heavy atom. The third-order valence-corrected chi connectivity index (χ3v) is 3.01. The fourth-order valence-corrected chi connectivity index (χ4v) is 1.83. The Balaban J connectivity index is 2.04. The Labute approximate surface area is 135 Å². The van der Waals surface area contributed by atoms with Gasteiger partial charge < -0.3 is 14.8 Å². The second-order valence-electron chi connectivity index (χ2n) is 4.58. The zero-order chi connectivity index (χ0) is 17.7. The molecule has 24 heavy (non-hydrogen) atoms. The molecule has 2 rings (SSSR count). The van der Waals surface area contributed by atoms with Gasteiger partial charge in [0.2, 0.25) is 0 Å². The Bertz CT molecular complexity index is 780. The van der Waals surface area contributed by atoms with Crippen LogP contribution in [0, 0.1) is 17.5 Å². The number of nitrogens with one attached hydrogen (secondary N) is 1. The van der Waals surface area contributed by atoms with Crippen molar-refractivity contribution in [2.75, 3.05) is 19.0 Å². The SMILES string of the molecule is COc1ccc(OCC(=O)Nc2ccc(F)c(F)c2F)c(C=O)c1. The Morgan fingerprint density at radius 2 is 1.92 bits per heavy atom. The minimum absolute atomic E-state index is 0.117. The van der Waals surface area contributed by atoms with Crippen molar-refractivity contribution >= 4 is 17.9 Å². The molecule has 0 aliphatic heterocycles. The molecule has 126 valence electrons. The van der Waals surface area contributed by atoms with Gasteiger partial charge in [0.1, 0.15) is 11.5 Å². The molecular formula is C16H12F3NO4. The molecule has 0 unspecified atom stereocenters. The lowest BCUT2D eigenvalue weighted by atomic mass is 10.2. The number of ether oxygens (including phenoxy) is 2. The second-order valence-corrected chi connectivity index (χ2v) is 4.58. The monoisotopic (exact) mass is 339 g/mol. The first-order chi connectivity index (χ1) is 11.5. The quantitative estimate of drug-likeness (QED) is 0.649. The van der Waals surface area contributed by atoms with Crippen LogP contribution in [0.4, 0.5) is 18.9 Å². The van der Waals surface area contributed by atoms with Gasteiger partial charge in [0.15, 0.2) is 30.3 Å². The van der Waals surface area contributed by atoms with E-state index in [2.05, 4.69) is 0 Å². The van der Waals surface area contributed by atoms with Crippen LogP contribution in [0.3, 0.4) is 0 Å². The number of anilines is 1. The Kier molecular flexibility index (Phi) is 5.41. The molecule has 5 nitrogen and oxygen atoms in total. The first-order valence-corrected chi connectivity index (χ1v) is 6.65. The number of carbonyl (C=O) groups excluding carboxylic acids is 2. The van der Waals surface area contributed by atoms with E-state index in [9.17, 15) is 22.8 Å². The van der Waals surface area contributed by atoms with Crippen LogP contribution in [0.15, 0.2) is 30.3 Å². The van der Waals surface area contributed by atoms with E-state index in [-0.39, 0.29) is 11.3 Å². The van der Waals surface area contributed by atoms with Crippen LogP contribution >= 0.6 is 0 Å². The maximum Gasteiger partial charge on any atom is 0.262 e. The molecule has 1 N–H and O–H groups in total. The lowest BCUT2D eigenvalue weighted by Crippen LogP contribution is -2.21. The second kappa shape index (κ2) is 7.49. The average molecular weight is 339 g/mol. The van der Waals surface area contributed by atoms with Crippen LogP contribution in [-0.2, 0) is 4.79 Å². The summed E-state index contributed by atoms with van der Waals surface area (Å²) < 4.78 is 49.5. The number of benzene rings is 2. The number of rotatable bonds is 6. The normalized spacial score (nSPS) is 10.2. The fraction of sp³-hybridized carbons (Fsp3) is 0.125. The van der Waals surface area contributed by atoms with Crippen LogP contribution in [-0.4, -0.2) is 25.9 Å². The molecule has 2 aromatic carbocycles. The largest absolute Gasteiger partial charge is 0.497 e. The highest BCUT2D eigenvalue weighted by molar-refractivity contribution is 5.92. The molecule has 0 bridgehead atoms. The number of amides is 1. The van der Waals surface area contributed by atoms with Gasteiger partial charge in [-0.25, -0.2) is 13.2 Å². The van der Waals surface area contributed by atoms with Crippen LogP contribution in [0.1, 0.15) is 10.4 Å². The fourth-order valence-electron chi connectivity index (χ4n) is 1.83. The summed E-state index contributed by atoms with van der Waals surface area (Å²) in [6.45, 7) is -0.564. The molecule has 0 saturated heterocycles. The molecule has 8 heteroatoms. The minimum atomic E-state index is -1.69. The summed E-state index contributed by atoms with van der Waals surface area (Å²) in [7, 11) is 1.42. The Morgan fingerprint density at radius 3 is 2.58 bits per heavy atom. The molecule has 0 aliphatic rings. The van der Waals surface area contributed by atoms with Crippen molar-refractivity contribution < 1.29 is 32.2 Å². The molecule has 0 fully saturated rings. The summed E-state index contributed by atoms with van der Waals surface area (Å²) >= 11 is 0. The molecule has 0 atom stereocenters. The standard InChI is InChI=1S/C16H12F3NO4/c1-23-10-2-5-13(9(6-10)7-21)24-8-14(22)20-12-4-3-11(17)15(18)16(12)19/h2-7H,8H2,1H3,(H,20,22). The highest BCUT2D eigenvalue weighted by Crippen LogP contribution is 2.23. The van der Waals surface area contributed by atoms with Gasteiger partial charge in [-0.3, -0.25) is 9.59 Å². The molecule has 0 heterocycles. The third kappa shape index (κ3) is 3.83. The maximum atomic E-state index is 13.5. The molecule has 0 saturated carbocycles. The van der Waals surface area contributed by atoms with E-state index in [1.165, 1.54) is 25.3 Å². The van der Waals surface area contributed by atoms with Crippen LogP contribution in [0.25, 0.3) is 0 Å². The van der Waals surface area contributed by atoms with Crippen molar-refractivity contribution in [1.82, 2.24) is 0 Å². The van der Waals surface area contributed by atoms with E-state index >= 15 is 0 Å². The summed E-state index contributed by atoms with van der Waals surface area (Å²) in [4.78, 5) is 22.7. The third-order valence-electron chi connectivity index (χ3n) is 3.01. The zero-order valence-corrected chi connectivity index (χ0v) is 12.4. The molecule has 0 radical (unpaired) electrons. The summed E-state index contributed by atoms with van der Waals surface area (Å²) in [5, 5.41) is 2.05. The topological polar surface area (TPSA) is 64.6 Å². The van der Waals surface area contributed by atoms with E-state index in [0.29, 0.717) is 18.1 Å². The first kappa shape index (κ1) is 17.3. The number of hydrogen-bond donors (Lipinski definition) is 1. The predicted octanol–water partition coefficient (Wildman–Crippen LogP) is 2.94. The van der Waals surface area contributed by atoms with Crippen molar-refractivity contribution in [3.05, 3.63) is 53.3 Å². The summed E-state index contributed by atoms with van der Waals surface area (Å²) in [5.74, 6) is -4.83. The summed E-state index contributed by atoms with van der Waals surface area (Å²) in [6, 6.07) is 5.93. The molecule has 0 spiro atoms. The van der Waals surface area contributed by atoms with Crippen molar-refractivity contribution in [2.45, 2.75) is 0 Å². The first-order valence-electron chi connectivity index (χ1n) is 6.65. The highest BCUT2D eigenvalue weighted by atomic mass is 19.2.